The second-order valence-corrected chi connectivity index (χ2v) is 5.21. The van der Waals surface area contributed by atoms with Gasteiger partial charge in [0.15, 0.2) is 12.4 Å². The molecule has 0 aliphatic carbocycles. The number of nitrogens with zero attached hydrogens (tertiary/aromatic N) is 2. The van der Waals surface area contributed by atoms with E-state index in [1.807, 2.05) is 30.0 Å². The third-order valence-electron chi connectivity index (χ3n) is 3.51. The summed E-state index contributed by atoms with van der Waals surface area (Å²) >= 11 is 0. The number of imidazole rings is 1. The van der Waals surface area contributed by atoms with Crippen molar-refractivity contribution < 1.29 is 4.57 Å². The number of aromatic amines is 1. The van der Waals surface area contributed by atoms with Crippen molar-refractivity contribution in [2.45, 2.75) is 13.8 Å². The van der Waals surface area contributed by atoms with Gasteiger partial charge in [-0.1, -0.05) is 0 Å². The number of benzene rings is 1. The Hall–Kier alpha value is -2.42. The fourth-order valence-corrected chi connectivity index (χ4v) is 2.25. The summed E-state index contributed by atoms with van der Waals surface area (Å²) in [4.78, 5) is 7.95. The van der Waals surface area contributed by atoms with Gasteiger partial charge in [0, 0.05) is 11.6 Å². The van der Waals surface area contributed by atoms with Crippen LogP contribution in [0.5, 0.6) is 0 Å². The zero-order chi connectivity index (χ0) is 14.1. The Balaban J connectivity index is 1.95. The standard InChI is InChI=1S/C17H18N3/c1-12-9-15-16(10-13(12)2)19-17(18-15)7-6-14-5-4-8-20(3)11-14/h4-11H,1-3H3,(H,18,19)/q+1/b7-6+. The highest BCUT2D eigenvalue weighted by atomic mass is 14.9. The topological polar surface area (TPSA) is 32.6 Å². The maximum Gasteiger partial charge on any atom is 0.175 e. The number of hydrogen-bond donors (Lipinski definition) is 1. The van der Waals surface area contributed by atoms with E-state index >= 15 is 0 Å². The lowest BCUT2D eigenvalue weighted by Gasteiger charge is -1.97. The van der Waals surface area contributed by atoms with E-state index < -0.39 is 0 Å². The first-order valence-electron chi connectivity index (χ1n) is 6.72. The van der Waals surface area contributed by atoms with Crippen LogP contribution in [0.2, 0.25) is 0 Å². The molecule has 20 heavy (non-hydrogen) atoms. The largest absolute Gasteiger partial charge is 0.338 e. The van der Waals surface area contributed by atoms with Crippen molar-refractivity contribution in [3.63, 3.8) is 0 Å². The van der Waals surface area contributed by atoms with Gasteiger partial charge >= 0.3 is 0 Å². The summed E-state index contributed by atoms with van der Waals surface area (Å²) in [6.07, 6.45) is 8.18. The molecule has 0 bridgehead atoms. The lowest BCUT2D eigenvalue weighted by molar-refractivity contribution is -0.671. The predicted octanol–water partition coefficient (Wildman–Crippen LogP) is 3.17. The van der Waals surface area contributed by atoms with Crippen LogP contribution in [0.4, 0.5) is 0 Å². The molecular formula is C17H18N3+. The van der Waals surface area contributed by atoms with Gasteiger partial charge in [0.05, 0.1) is 11.0 Å². The lowest BCUT2D eigenvalue weighted by atomic mass is 10.1. The molecule has 0 aliphatic heterocycles. The fraction of sp³-hybridized carbons (Fsp3) is 0.176. The minimum atomic E-state index is 0.886. The molecule has 0 atom stereocenters. The molecule has 1 N–H and O–H groups in total. The number of pyridine rings is 1. The van der Waals surface area contributed by atoms with Crippen molar-refractivity contribution in [1.29, 1.82) is 0 Å². The van der Waals surface area contributed by atoms with Crippen LogP contribution in [0.1, 0.15) is 22.5 Å². The molecule has 0 unspecified atom stereocenters. The summed E-state index contributed by atoms with van der Waals surface area (Å²) in [6.45, 7) is 4.23. The zero-order valence-corrected chi connectivity index (χ0v) is 12.0. The van der Waals surface area contributed by atoms with Crippen LogP contribution in [0.25, 0.3) is 23.2 Å². The molecule has 0 amide bonds. The summed E-state index contributed by atoms with van der Waals surface area (Å²) in [7, 11) is 2.02. The van der Waals surface area contributed by atoms with Crippen LogP contribution in [0, 0.1) is 13.8 Å². The number of H-pyrrole nitrogens is 1. The van der Waals surface area contributed by atoms with E-state index in [9.17, 15) is 0 Å². The van der Waals surface area contributed by atoms with Crippen molar-refractivity contribution in [1.82, 2.24) is 9.97 Å². The Morgan fingerprint density at radius 2 is 1.95 bits per heavy atom. The molecule has 0 fully saturated rings. The second-order valence-electron chi connectivity index (χ2n) is 5.21. The van der Waals surface area contributed by atoms with Gasteiger partial charge < -0.3 is 4.98 Å². The maximum atomic E-state index is 4.60. The Bertz CT molecular complexity index is 758. The monoisotopic (exact) mass is 264 g/mol. The Kier molecular flexibility index (Phi) is 3.11. The van der Waals surface area contributed by atoms with Crippen LogP contribution in [-0.2, 0) is 7.05 Å². The summed E-state index contributed by atoms with van der Waals surface area (Å²) in [5, 5.41) is 0. The summed E-state index contributed by atoms with van der Waals surface area (Å²) in [6, 6.07) is 8.39. The third kappa shape index (κ3) is 2.48. The number of rotatable bonds is 2. The normalized spacial score (nSPS) is 11.6. The molecular weight excluding hydrogens is 246 g/mol. The predicted molar refractivity (Wildman–Crippen MR) is 82.1 cm³/mol. The van der Waals surface area contributed by atoms with Gasteiger partial charge in [-0.25, -0.2) is 9.55 Å². The van der Waals surface area contributed by atoms with Crippen molar-refractivity contribution >= 4 is 23.2 Å². The van der Waals surface area contributed by atoms with E-state index in [0.29, 0.717) is 0 Å². The number of nitrogens with one attached hydrogen (secondary N) is 1. The van der Waals surface area contributed by atoms with E-state index in [4.69, 9.17) is 0 Å². The molecule has 0 radical (unpaired) electrons. The zero-order valence-electron chi connectivity index (χ0n) is 12.0. The van der Waals surface area contributed by atoms with Gasteiger partial charge in [0.1, 0.15) is 12.9 Å². The molecule has 3 rings (SSSR count). The minimum Gasteiger partial charge on any atom is -0.338 e. The molecule has 1 aromatic carbocycles. The number of aromatic nitrogens is 3. The van der Waals surface area contributed by atoms with Crippen LogP contribution < -0.4 is 4.57 Å². The molecule has 0 spiro atoms. The first-order chi connectivity index (χ1) is 9.61. The summed E-state index contributed by atoms with van der Waals surface area (Å²) in [5.41, 5.74) is 5.82. The van der Waals surface area contributed by atoms with E-state index in [0.717, 1.165) is 22.4 Å². The van der Waals surface area contributed by atoms with Gasteiger partial charge in [-0.3, -0.25) is 0 Å². The van der Waals surface area contributed by atoms with E-state index in [1.165, 1.54) is 11.1 Å². The van der Waals surface area contributed by atoms with Crippen molar-refractivity contribution in [2.75, 3.05) is 0 Å². The first-order valence-corrected chi connectivity index (χ1v) is 6.72. The van der Waals surface area contributed by atoms with Crippen molar-refractivity contribution in [3.05, 3.63) is 59.2 Å². The van der Waals surface area contributed by atoms with Crippen LogP contribution >= 0.6 is 0 Å². The van der Waals surface area contributed by atoms with E-state index in [1.54, 1.807) is 0 Å². The molecule has 0 saturated heterocycles. The Morgan fingerprint density at radius 1 is 1.15 bits per heavy atom. The summed E-state index contributed by atoms with van der Waals surface area (Å²) in [5.74, 6) is 0.886. The highest BCUT2D eigenvalue weighted by Gasteiger charge is 2.03. The molecule has 2 heterocycles. The molecule has 3 heteroatoms. The maximum absolute atomic E-state index is 4.60. The van der Waals surface area contributed by atoms with Crippen molar-refractivity contribution in [3.8, 4) is 0 Å². The number of aryl methyl sites for hydroxylation is 3. The van der Waals surface area contributed by atoms with E-state index in [-0.39, 0.29) is 0 Å². The third-order valence-corrected chi connectivity index (χ3v) is 3.51. The molecule has 100 valence electrons. The Morgan fingerprint density at radius 3 is 2.75 bits per heavy atom. The van der Waals surface area contributed by atoms with E-state index in [2.05, 4.69) is 54.3 Å². The van der Waals surface area contributed by atoms with Crippen LogP contribution in [-0.4, -0.2) is 9.97 Å². The highest BCUT2D eigenvalue weighted by molar-refractivity contribution is 5.80. The smallest absolute Gasteiger partial charge is 0.175 e. The highest BCUT2D eigenvalue weighted by Crippen LogP contribution is 2.18. The number of hydrogen-bond acceptors (Lipinski definition) is 1. The van der Waals surface area contributed by atoms with Gasteiger partial charge in [-0.15, -0.1) is 0 Å². The van der Waals surface area contributed by atoms with Crippen LogP contribution in [0.15, 0.2) is 36.7 Å². The first kappa shape index (κ1) is 12.6. The lowest BCUT2D eigenvalue weighted by Crippen LogP contribution is -2.26. The van der Waals surface area contributed by atoms with Crippen molar-refractivity contribution in [2.24, 2.45) is 7.05 Å². The van der Waals surface area contributed by atoms with Crippen LogP contribution in [0.3, 0.4) is 0 Å². The SMILES string of the molecule is Cc1cc2nc(/C=C/c3ccc[n+](C)c3)[nH]c2cc1C. The average Bonchev–Trinajstić information content (AvgIpc) is 2.79. The average molecular weight is 264 g/mol. The molecule has 0 aliphatic rings. The minimum absolute atomic E-state index is 0.886. The Labute approximate surface area is 118 Å². The quantitative estimate of drug-likeness (QED) is 0.708. The van der Waals surface area contributed by atoms with Gasteiger partial charge in [0.25, 0.3) is 0 Å². The van der Waals surface area contributed by atoms with Gasteiger partial charge in [-0.2, -0.15) is 0 Å². The molecule has 3 aromatic rings. The summed E-state index contributed by atoms with van der Waals surface area (Å²) < 4.78 is 2.03. The number of fused-ring (bicyclic) bond motifs is 1. The fourth-order valence-electron chi connectivity index (χ4n) is 2.25. The van der Waals surface area contributed by atoms with Gasteiger partial charge in [0.2, 0.25) is 0 Å². The molecule has 0 saturated carbocycles. The molecule has 3 nitrogen and oxygen atoms in total. The second kappa shape index (κ2) is 4.93. The van der Waals surface area contributed by atoms with Gasteiger partial charge in [-0.05, 0) is 55.3 Å². The molecule has 2 aromatic heterocycles.